The second kappa shape index (κ2) is 6.63. The summed E-state index contributed by atoms with van der Waals surface area (Å²) in [5, 5.41) is 13.9. The van der Waals surface area contributed by atoms with Crippen LogP contribution in [0.4, 0.5) is 5.69 Å². The summed E-state index contributed by atoms with van der Waals surface area (Å²) in [5.41, 5.74) is 1.18. The Morgan fingerprint density at radius 1 is 1.42 bits per heavy atom. The summed E-state index contributed by atoms with van der Waals surface area (Å²) in [6.07, 6.45) is 2.62. The molecular weight excluding hydrogens is 244 g/mol. The first-order valence-electron chi connectivity index (χ1n) is 6.72. The highest BCUT2D eigenvalue weighted by Gasteiger charge is 2.20. The molecule has 1 aliphatic rings. The van der Waals surface area contributed by atoms with E-state index in [0.29, 0.717) is 6.61 Å². The fourth-order valence-corrected chi connectivity index (χ4v) is 1.88. The Kier molecular flexibility index (Phi) is 4.87. The van der Waals surface area contributed by atoms with Crippen LogP contribution in [0.2, 0.25) is 0 Å². The number of rotatable bonds is 8. The lowest BCUT2D eigenvalue weighted by Gasteiger charge is -2.14. The molecule has 0 radical (unpaired) electrons. The molecule has 104 valence electrons. The molecule has 1 fully saturated rings. The van der Waals surface area contributed by atoms with E-state index in [1.54, 1.807) is 12.1 Å². The summed E-state index contributed by atoms with van der Waals surface area (Å²) in [6.45, 7) is 4.44. The first kappa shape index (κ1) is 14.0. The van der Waals surface area contributed by atoms with E-state index in [4.69, 9.17) is 4.74 Å². The molecule has 5 heteroatoms. The van der Waals surface area contributed by atoms with Gasteiger partial charge in [-0.1, -0.05) is 12.1 Å². The number of hydrogen-bond donors (Lipinski definition) is 1. The van der Waals surface area contributed by atoms with Crippen molar-refractivity contribution in [2.45, 2.75) is 25.8 Å². The number of nitrogens with zero attached hydrogens (tertiary/aromatic N) is 1. The molecule has 0 saturated heterocycles. The van der Waals surface area contributed by atoms with Crippen molar-refractivity contribution < 1.29 is 9.66 Å². The number of hydrogen-bond acceptors (Lipinski definition) is 4. The van der Waals surface area contributed by atoms with Crippen LogP contribution < -0.4 is 5.32 Å². The summed E-state index contributed by atoms with van der Waals surface area (Å²) >= 11 is 0. The monoisotopic (exact) mass is 264 g/mol. The maximum atomic E-state index is 10.6. The predicted octanol–water partition coefficient (Wildman–Crippen LogP) is 2.67. The fraction of sp³-hybridized carbons (Fsp3) is 0.571. The normalized spacial score (nSPS) is 16.3. The lowest BCUT2D eigenvalue weighted by atomic mass is 10.1. The molecule has 0 spiro atoms. The van der Waals surface area contributed by atoms with Gasteiger partial charge >= 0.3 is 0 Å². The predicted molar refractivity (Wildman–Crippen MR) is 73.1 cm³/mol. The van der Waals surface area contributed by atoms with Crippen LogP contribution >= 0.6 is 0 Å². The van der Waals surface area contributed by atoms with Crippen molar-refractivity contribution in [3.63, 3.8) is 0 Å². The zero-order valence-electron chi connectivity index (χ0n) is 11.2. The largest absolute Gasteiger partial charge is 0.380 e. The van der Waals surface area contributed by atoms with E-state index in [1.165, 1.54) is 25.0 Å². The summed E-state index contributed by atoms with van der Waals surface area (Å²) in [6, 6.07) is 6.83. The minimum Gasteiger partial charge on any atom is -0.380 e. The molecular formula is C14H20N2O3. The van der Waals surface area contributed by atoms with Crippen molar-refractivity contribution in [2.75, 3.05) is 19.8 Å². The molecule has 0 aliphatic heterocycles. The third-order valence-corrected chi connectivity index (χ3v) is 3.35. The van der Waals surface area contributed by atoms with E-state index >= 15 is 0 Å². The van der Waals surface area contributed by atoms with Crippen molar-refractivity contribution >= 4 is 5.69 Å². The lowest BCUT2D eigenvalue weighted by Crippen LogP contribution is -2.23. The van der Waals surface area contributed by atoms with E-state index < -0.39 is 0 Å². The van der Waals surface area contributed by atoms with Gasteiger partial charge in [-0.25, -0.2) is 0 Å². The Hall–Kier alpha value is -1.46. The summed E-state index contributed by atoms with van der Waals surface area (Å²) in [7, 11) is 0. The molecule has 1 atom stereocenters. The van der Waals surface area contributed by atoms with E-state index in [-0.39, 0.29) is 16.7 Å². The van der Waals surface area contributed by atoms with Gasteiger partial charge < -0.3 is 10.1 Å². The van der Waals surface area contributed by atoms with Gasteiger partial charge in [-0.2, -0.15) is 0 Å². The van der Waals surface area contributed by atoms with Crippen molar-refractivity contribution in [1.29, 1.82) is 0 Å². The highest BCUT2D eigenvalue weighted by molar-refractivity contribution is 5.33. The van der Waals surface area contributed by atoms with Gasteiger partial charge in [0.15, 0.2) is 0 Å². The standard InChI is InChI=1S/C14H20N2O3/c1-11(15-8-9-19-10-12-2-3-12)13-4-6-14(7-5-13)16(17)18/h4-7,11-12,15H,2-3,8-10H2,1H3. The van der Waals surface area contributed by atoms with Crippen molar-refractivity contribution in [1.82, 2.24) is 5.32 Å². The molecule has 1 aromatic rings. The molecule has 1 aromatic carbocycles. The first-order chi connectivity index (χ1) is 9.16. The van der Waals surface area contributed by atoms with Gasteiger partial charge in [0.2, 0.25) is 0 Å². The van der Waals surface area contributed by atoms with Crippen LogP contribution in [-0.2, 0) is 4.74 Å². The van der Waals surface area contributed by atoms with Gasteiger partial charge in [0.1, 0.15) is 0 Å². The molecule has 1 N–H and O–H groups in total. The van der Waals surface area contributed by atoms with Gasteiger partial charge in [-0.15, -0.1) is 0 Å². The minimum atomic E-state index is -0.381. The van der Waals surface area contributed by atoms with Gasteiger partial charge in [-0.05, 0) is 31.2 Å². The second-order valence-corrected chi connectivity index (χ2v) is 5.04. The zero-order chi connectivity index (χ0) is 13.7. The van der Waals surface area contributed by atoms with Crippen LogP contribution in [0.5, 0.6) is 0 Å². The van der Waals surface area contributed by atoms with Crippen molar-refractivity contribution in [3.8, 4) is 0 Å². The van der Waals surface area contributed by atoms with Crippen molar-refractivity contribution in [2.24, 2.45) is 5.92 Å². The molecule has 1 aliphatic carbocycles. The van der Waals surface area contributed by atoms with Crippen molar-refractivity contribution in [3.05, 3.63) is 39.9 Å². The molecule has 0 aromatic heterocycles. The van der Waals surface area contributed by atoms with Crippen LogP contribution in [0, 0.1) is 16.0 Å². The Bertz CT molecular complexity index is 415. The SMILES string of the molecule is CC(NCCOCC1CC1)c1ccc([N+](=O)[O-])cc1. The number of benzene rings is 1. The summed E-state index contributed by atoms with van der Waals surface area (Å²) in [4.78, 5) is 10.2. The fourth-order valence-electron chi connectivity index (χ4n) is 1.88. The smallest absolute Gasteiger partial charge is 0.269 e. The van der Waals surface area contributed by atoms with Crippen LogP contribution in [0.3, 0.4) is 0 Å². The quantitative estimate of drug-likeness (QED) is 0.445. The highest BCUT2D eigenvalue weighted by atomic mass is 16.6. The van der Waals surface area contributed by atoms with Crippen LogP contribution in [-0.4, -0.2) is 24.7 Å². The summed E-state index contributed by atoms with van der Waals surface area (Å²) in [5.74, 6) is 0.798. The molecule has 0 heterocycles. The van der Waals surface area contributed by atoms with E-state index in [0.717, 1.165) is 24.6 Å². The molecule has 19 heavy (non-hydrogen) atoms. The van der Waals surface area contributed by atoms with Gasteiger partial charge in [0.05, 0.1) is 11.5 Å². The topological polar surface area (TPSA) is 64.4 Å². The van der Waals surface area contributed by atoms with E-state index in [2.05, 4.69) is 5.32 Å². The third kappa shape index (κ3) is 4.61. The van der Waals surface area contributed by atoms with Gasteiger partial charge in [-0.3, -0.25) is 10.1 Å². The molecule has 5 nitrogen and oxygen atoms in total. The molecule has 1 unspecified atom stereocenters. The molecule has 0 amide bonds. The first-order valence-corrected chi connectivity index (χ1v) is 6.72. The zero-order valence-corrected chi connectivity index (χ0v) is 11.2. The molecule has 1 saturated carbocycles. The number of nitrogens with one attached hydrogen (secondary N) is 1. The minimum absolute atomic E-state index is 0.128. The third-order valence-electron chi connectivity index (χ3n) is 3.35. The summed E-state index contributed by atoms with van der Waals surface area (Å²) < 4.78 is 5.54. The van der Waals surface area contributed by atoms with Crippen LogP contribution in [0.1, 0.15) is 31.4 Å². The number of non-ortho nitro benzene ring substituents is 1. The van der Waals surface area contributed by atoms with Crippen LogP contribution in [0.25, 0.3) is 0 Å². The Balaban J connectivity index is 1.69. The molecule has 0 bridgehead atoms. The van der Waals surface area contributed by atoms with Crippen LogP contribution in [0.15, 0.2) is 24.3 Å². The second-order valence-electron chi connectivity index (χ2n) is 5.04. The van der Waals surface area contributed by atoms with Gasteiger partial charge in [0, 0.05) is 31.3 Å². The Labute approximate surface area is 113 Å². The van der Waals surface area contributed by atoms with E-state index in [1.807, 2.05) is 6.92 Å². The average Bonchev–Trinajstić information content (AvgIpc) is 3.22. The number of nitro groups is 1. The van der Waals surface area contributed by atoms with E-state index in [9.17, 15) is 10.1 Å². The maximum absolute atomic E-state index is 10.6. The molecule has 2 rings (SSSR count). The lowest BCUT2D eigenvalue weighted by molar-refractivity contribution is -0.384. The van der Waals surface area contributed by atoms with Gasteiger partial charge in [0.25, 0.3) is 5.69 Å². The number of ether oxygens (including phenoxy) is 1. The highest BCUT2D eigenvalue weighted by Crippen LogP contribution is 2.28. The maximum Gasteiger partial charge on any atom is 0.269 e. The average molecular weight is 264 g/mol. The Morgan fingerprint density at radius 3 is 2.68 bits per heavy atom. The number of nitro benzene ring substituents is 1. The Morgan fingerprint density at radius 2 is 2.11 bits per heavy atom.